The van der Waals surface area contributed by atoms with E-state index in [1.54, 1.807) is 18.2 Å². The van der Waals surface area contributed by atoms with Crippen molar-refractivity contribution >= 4 is 15.7 Å². The number of benzene rings is 2. The summed E-state index contributed by atoms with van der Waals surface area (Å²) in [6.07, 6.45) is 1.70. The fourth-order valence-corrected chi connectivity index (χ4v) is 4.94. The first kappa shape index (κ1) is 25.8. The molecule has 0 fully saturated rings. The first-order valence-electron chi connectivity index (χ1n) is 10.8. The minimum Gasteiger partial charge on any atom is -0.494 e. The van der Waals surface area contributed by atoms with Gasteiger partial charge < -0.3 is 19.9 Å². The number of carbonyl (C=O) groups excluding carboxylic acids is 1. The highest BCUT2D eigenvalue weighted by atomic mass is 32.2. The summed E-state index contributed by atoms with van der Waals surface area (Å²) in [6, 6.07) is 9.88. The van der Waals surface area contributed by atoms with Crippen molar-refractivity contribution in [1.82, 2.24) is 14.9 Å². The zero-order valence-electron chi connectivity index (χ0n) is 19.9. The lowest BCUT2D eigenvalue weighted by Crippen LogP contribution is -2.30. The molecule has 0 aliphatic carbocycles. The lowest BCUT2D eigenvalue weighted by Gasteiger charge is -2.19. The van der Waals surface area contributed by atoms with Gasteiger partial charge in [-0.2, -0.15) is 4.98 Å². The first-order valence-corrected chi connectivity index (χ1v) is 12.3. The summed E-state index contributed by atoms with van der Waals surface area (Å²) in [6.45, 7) is 1.95. The summed E-state index contributed by atoms with van der Waals surface area (Å²) in [4.78, 5) is 28.5. The maximum atomic E-state index is 13.8. The van der Waals surface area contributed by atoms with E-state index in [0.29, 0.717) is 12.8 Å². The minimum absolute atomic E-state index is 0.158. The van der Waals surface area contributed by atoms with Gasteiger partial charge in [-0.15, -0.1) is 0 Å². The molecule has 35 heavy (non-hydrogen) atoms. The number of aromatic nitrogens is 2. The van der Waals surface area contributed by atoms with Crippen LogP contribution >= 0.6 is 0 Å². The third-order valence-electron chi connectivity index (χ3n) is 5.40. The van der Waals surface area contributed by atoms with E-state index < -0.39 is 32.1 Å². The molecule has 2 aromatic carbocycles. The molecule has 186 valence electrons. The number of sulfone groups is 1. The van der Waals surface area contributed by atoms with E-state index in [9.17, 15) is 23.1 Å². The zero-order valence-corrected chi connectivity index (χ0v) is 20.7. The van der Waals surface area contributed by atoms with Crippen molar-refractivity contribution in [3.8, 4) is 23.1 Å². The number of nitrogens with zero attached hydrogens (tertiary/aromatic N) is 2. The van der Waals surface area contributed by atoms with Gasteiger partial charge >= 0.3 is 0 Å². The Morgan fingerprint density at radius 2 is 1.69 bits per heavy atom. The monoisotopic (exact) mass is 501 g/mol. The van der Waals surface area contributed by atoms with Gasteiger partial charge in [-0.05, 0) is 42.8 Å². The number of rotatable bonds is 9. The molecule has 0 bridgehead atoms. The Kier molecular flexibility index (Phi) is 7.80. The standard InChI is InChI=1S/C24H27N3O7S/c1-5-6-10-19-26-23(29)21(35(31,32)16-13-11-15(12-14-16)22(28)25-2)24(30)27(19)20-17(33-3)8-7-9-18(20)34-4/h7-9,11-14,29H,5-6,10H2,1-4H3,(H,25,28). The van der Waals surface area contributed by atoms with Crippen molar-refractivity contribution in [1.29, 1.82) is 0 Å². The number of aryl methyl sites for hydroxylation is 1. The first-order chi connectivity index (χ1) is 16.7. The van der Waals surface area contributed by atoms with E-state index in [2.05, 4.69) is 10.3 Å². The van der Waals surface area contributed by atoms with Gasteiger partial charge in [-0.1, -0.05) is 19.4 Å². The van der Waals surface area contributed by atoms with Crippen molar-refractivity contribution in [2.24, 2.45) is 0 Å². The van der Waals surface area contributed by atoms with Crippen LogP contribution in [-0.2, 0) is 16.3 Å². The molecule has 0 saturated heterocycles. The lowest BCUT2D eigenvalue weighted by molar-refractivity contribution is 0.0963. The predicted octanol–water partition coefficient (Wildman–Crippen LogP) is 2.49. The average Bonchev–Trinajstić information content (AvgIpc) is 2.86. The van der Waals surface area contributed by atoms with Gasteiger partial charge in [0.1, 0.15) is 23.0 Å². The van der Waals surface area contributed by atoms with Gasteiger partial charge in [-0.25, -0.2) is 8.42 Å². The SMILES string of the molecule is CCCCc1nc(O)c(S(=O)(=O)c2ccc(C(=O)NC)cc2)c(=O)n1-c1c(OC)cccc1OC. The number of hydrogen-bond donors (Lipinski definition) is 2. The Balaban J connectivity index is 2.33. The normalized spacial score (nSPS) is 11.2. The number of para-hydroxylation sites is 1. The fraction of sp³-hybridized carbons (Fsp3) is 0.292. The summed E-state index contributed by atoms with van der Waals surface area (Å²) in [7, 11) is -0.243. The Bertz CT molecular complexity index is 1380. The van der Waals surface area contributed by atoms with Crippen LogP contribution in [0.15, 0.2) is 57.1 Å². The van der Waals surface area contributed by atoms with Crippen LogP contribution < -0.4 is 20.3 Å². The highest BCUT2D eigenvalue weighted by molar-refractivity contribution is 7.91. The summed E-state index contributed by atoms with van der Waals surface area (Å²) in [5, 5.41) is 13.1. The Morgan fingerprint density at radius 3 is 2.20 bits per heavy atom. The van der Waals surface area contributed by atoms with Crippen LogP contribution in [0, 0.1) is 0 Å². The second kappa shape index (κ2) is 10.6. The molecule has 1 amide bonds. The maximum absolute atomic E-state index is 13.8. The van der Waals surface area contributed by atoms with Crippen LogP contribution in [0.1, 0.15) is 35.9 Å². The quantitative estimate of drug-likeness (QED) is 0.456. The molecule has 3 aromatic rings. The number of methoxy groups -OCH3 is 2. The Morgan fingerprint density at radius 1 is 1.09 bits per heavy atom. The fourth-order valence-electron chi connectivity index (χ4n) is 3.61. The van der Waals surface area contributed by atoms with Crippen molar-refractivity contribution in [2.45, 2.75) is 36.0 Å². The topological polar surface area (TPSA) is 137 Å². The van der Waals surface area contributed by atoms with E-state index in [-0.39, 0.29) is 33.5 Å². The Hall–Kier alpha value is -3.86. The summed E-state index contributed by atoms with van der Waals surface area (Å²) in [5.41, 5.74) is -0.589. The van der Waals surface area contributed by atoms with Crippen LogP contribution in [0.2, 0.25) is 0 Å². The third kappa shape index (κ3) is 4.85. The summed E-state index contributed by atoms with van der Waals surface area (Å²) < 4.78 is 38.9. The molecule has 1 aromatic heterocycles. The number of amides is 1. The molecule has 0 atom stereocenters. The van der Waals surface area contributed by atoms with Crippen molar-refractivity contribution in [3.05, 3.63) is 64.2 Å². The average molecular weight is 502 g/mol. The smallest absolute Gasteiger partial charge is 0.281 e. The van der Waals surface area contributed by atoms with E-state index >= 15 is 0 Å². The molecule has 10 nitrogen and oxygen atoms in total. The highest BCUT2D eigenvalue weighted by Crippen LogP contribution is 2.34. The summed E-state index contributed by atoms with van der Waals surface area (Å²) in [5.74, 6) is -0.623. The maximum Gasteiger partial charge on any atom is 0.281 e. The molecular formula is C24H27N3O7S. The predicted molar refractivity (Wildman–Crippen MR) is 128 cm³/mol. The van der Waals surface area contributed by atoms with Gasteiger partial charge in [-0.3, -0.25) is 14.2 Å². The molecule has 1 heterocycles. The molecular weight excluding hydrogens is 474 g/mol. The Labute approximate surface area is 203 Å². The largest absolute Gasteiger partial charge is 0.494 e. The van der Waals surface area contributed by atoms with Gasteiger partial charge in [0.2, 0.25) is 15.7 Å². The third-order valence-corrected chi connectivity index (χ3v) is 7.18. The van der Waals surface area contributed by atoms with Crippen molar-refractivity contribution in [3.63, 3.8) is 0 Å². The minimum atomic E-state index is -4.52. The highest BCUT2D eigenvalue weighted by Gasteiger charge is 2.31. The molecule has 3 rings (SSSR count). The molecule has 11 heteroatoms. The number of nitrogens with one attached hydrogen (secondary N) is 1. The van der Waals surface area contributed by atoms with Crippen molar-refractivity contribution in [2.75, 3.05) is 21.3 Å². The number of unbranched alkanes of at least 4 members (excludes halogenated alkanes) is 1. The van der Waals surface area contributed by atoms with E-state index in [4.69, 9.17) is 9.47 Å². The van der Waals surface area contributed by atoms with Crippen LogP contribution in [-0.4, -0.2) is 50.2 Å². The van der Waals surface area contributed by atoms with Gasteiger partial charge in [0.25, 0.3) is 11.5 Å². The van der Waals surface area contributed by atoms with Crippen LogP contribution in [0.4, 0.5) is 0 Å². The zero-order chi connectivity index (χ0) is 25.8. The van der Waals surface area contributed by atoms with Gasteiger partial charge in [0.15, 0.2) is 4.90 Å². The van der Waals surface area contributed by atoms with E-state index in [1.807, 2.05) is 6.92 Å². The van der Waals surface area contributed by atoms with Gasteiger partial charge in [0.05, 0.1) is 19.1 Å². The molecule has 0 aliphatic heterocycles. The van der Waals surface area contributed by atoms with Crippen LogP contribution in [0.5, 0.6) is 17.4 Å². The molecule has 0 aliphatic rings. The second-order valence-electron chi connectivity index (χ2n) is 7.54. The summed E-state index contributed by atoms with van der Waals surface area (Å²) >= 11 is 0. The molecule has 0 spiro atoms. The second-order valence-corrected chi connectivity index (χ2v) is 9.43. The number of carbonyl (C=O) groups is 1. The number of ether oxygens (including phenoxy) is 2. The number of hydrogen-bond acceptors (Lipinski definition) is 8. The molecule has 0 radical (unpaired) electrons. The molecule has 2 N–H and O–H groups in total. The van der Waals surface area contributed by atoms with E-state index in [1.165, 1.54) is 45.5 Å². The molecule has 0 saturated carbocycles. The van der Waals surface area contributed by atoms with Crippen molar-refractivity contribution < 1.29 is 27.8 Å². The van der Waals surface area contributed by atoms with Gasteiger partial charge in [0, 0.05) is 19.0 Å². The number of aromatic hydroxyl groups is 1. The van der Waals surface area contributed by atoms with Crippen LogP contribution in [0.25, 0.3) is 5.69 Å². The van der Waals surface area contributed by atoms with Crippen LogP contribution in [0.3, 0.4) is 0 Å². The van der Waals surface area contributed by atoms with E-state index in [0.717, 1.165) is 11.0 Å². The molecule has 0 unspecified atom stereocenters. The lowest BCUT2D eigenvalue weighted by atomic mass is 10.2.